The zero-order chi connectivity index (χ0) is 11.0. The molecular weight excluding hydrogens is 220 g/mol. The van der Waals surface area contributed by atoms with Crippen molar-refractivity contribution < 1.29 is 0 Å². The van der Waals surface area contributed by atoms with E-state index in [1.165, 1.54) is 18.6 Å². The highest BCUT2D eigenvalue weighted by Gasteiger charge is 2.23. The van der Waals surface area contributed by atoms with Gasteiger partial charge in [0.25, 0.3) is 0 Å². The number of aromatic nitrogens is 3. The Kier molecular flexibility index (Phi) is 2.57. The van der Waals surface area contributed by atoms with Crippen LogP contribution in [0.15, 0.2) is 18.3 Å². The Hall–Kier alpha value is -1.07. The van der Waals surface area contributed by atoms with Crippen molar-refractivity contribution in [1.82, 2.24) is 14.6 Å². The molecule has 4 nitrogen and oxygen atoms in total. The van der Waals surface area contributed by atoms with Crippen LogP contribution in [-0.2, 0) is 6.54 Å². The number of hydrogen-bond acceptors (Lipinski definition) is 4. The summed E-state index contributed by atoms with van der Waals surface area (Å²) in [5.74, 6) is 2.31. The van der Waals surface area contributed by atoms with Gasteiger partial charge in [-0.3, -0.25) is 4.40 Å². The average Bonchev–Trinajstić information content (AvgIpc) is 2.96. The summed E-state index contributed by atoms with van der Waals surface area (Å²) in [6, 6.07) is 4.03. The first kappa shape index (κ1) is 10.1. The van der Waals surface area contributed by atoms with Crippen molar-refractivity contribution in [3.05, 3.63) is 29.7 Å². The van der Waals surface area contributed by atoms with Crippen LogP contribution >= 0.6 is 11.8 Å². The van der Waals surface area contributed by atoms with Gasteiger partial charge in [0.1, 0.15) is 0 Å². The molecule has 5 heteroatoms. The topological polar surface area (TPSA) is 56.2 Å². The number of pyridine rings is 1. The Morgan fingerprint density at radius 3 is 3.19 bits per heavy atom. The third kappa shape index (κ3) is 1.51. The van der Waals surface area contributed by atoms with Gasteiger partial charge in [-0.25, -0.2) is 0 Å². The van der Waals surface area contributed by atoms with Crippen LogP contribution in [0.3, 0.4) is 0 Å². The fourth-order valence-corrected chi connectivity index (χ4v) is 3.41. The SMILES string of the molecule is NCc1cccn2c(C3CCCS3)nnc12. The van der Waals surface area contributed by atoms with Gasteiger partial charge in [-0.1, -0.05) is 6.07 Å². The number of thioether (sulfide) groups is 1. The molecule has 3 heterocycles. The highest BCUT2D eigenvalue weighted by atomic mass is 32.2. The van der Waals surface area contributed by atoms with Crippen LogP contribution in [-0.4, -0.2) is 20.4 Å². The molecule has 1 aliphatic rings. The highest BCUT2D eigenvalue weighted by Crippen LogP contribution is 2.38. The van der Waals surface area contributed by atoms with E-state index in [0.717, 1.165) is 17.0 Å². The van der Waals surface area contributed by atoms with E-state index in [0.29, 0.717) is 11.8 Å². The molecule has 1 atom stereocenters. The molecule has 2 aromatic heterocycles. The molecule has 0 amide bonds. The van der Waals surface area contributed by atoms with Crippen LogP contribution in [0.5, 0.6) is 0 Å². The van der Waals surface area contributed by atoms with Crippen LogP contribution in [0.2, 0.25) is 0 Å². The maximum absolute atomic E-state index is 5.69. The van der Waals surface area contributed by atoms with Crippen LogP contribution < -0.4 is 5.73 Å². The summed E-state index contributed by atoms with van der Waals surface area (Å²) in [7, 11) is 0. The van der Waals surface area contributed by atoms with E-state index in [-0.39, 0.29) is 0 Å². The Balaban J connectivity index is 2.12. The van der Waals surface area contributed by atoms with Gasteiger partial charge in [0.2, 0.25) is 0 Å². The third-order valence-corrected chi connectivity index (χ3v) is 4.35. The van der Waals surface area contributed by atoms with Crippen LogP contribution in [0.25, 0.3) is 5.65 Å². The standard InChI is InChI=1S/C11H14N4S/c12-7-8-3-1-5-15-10(8)13-14-11(15)9-4-2-6-16-9/h1,3,5,9H,2,4,6-7,12H2. The molecule has 3 rings (SSSR count). The Morgan fingerprint density at radius 1 is 1.50 bits per heavy atom. The second kappa shape index (κ2) is 4.07. The molecule has 0 saturated carbocycles. The van der Waals surface area contributed by atoms with Crippen molar-refractivity contribution in [2.45, 2.75) is 24.6 Å². The average molecular weight is 234 g/mol. The van der Waals surface area contributed by atoms with Crippen molar-refractivity contribution >= 4 is 17.4 Å². The molecule has 0 radical (unpaired) electrons. The molecule has 16 heavy (non-hydrogen) atoms. The predicted octanol–water partition coefficient (Wildman–Crippen LogP) is 1.76. The summed E-state index contributed by atoms with van der Waals surface area (Å²) in [5, 5.41) is 9.08. The summed E-state index contributed by atoms with van der Waals surface area (Å²) in [5.41, 5.74) is 7.66. The van der Waals surface area contributed by atoms with Crippen LogP contribution in [0.4, 0.5) is 0 Å². The van der Waals surface area contributed by atoms with Gasteiger partial charge < -0.3 is 5.73 Å². The van der Waals surface area contributed by atoms with Gasteiger partial charge in [0.05, 0.1) is 5.25 Å². The van der Waals surface area contributed by atoms with Crippen molar-refractivity contribution in [1.29, 1.82) is 0 Å². The Bertz CT molecular complexity index is 502. The van der Waals surface area contributed by atoms with E-state index in [1.54, 1.807) is 0 Å². The minimum Gasteiger partial charge on any atom is -0.326 e. The van der Waals surface area contributed by atoms with E-state index in [2.05, 4.69) is 14.6 Å². The van der Waals surface area contributed by atoms with E-state index in [1.807, 2.05) is 30.1 Å². The molecule has 0 bridgehead atoms. The van der Waals surface area contributed by atoms with Crippen molar-refractivity contribution in [3.8, 4) is 0 Å². The second-order valence-electron chi connectivity index (χ2n) is 3.99. The van der Waals surface area contributed by atoms with E-state index >= 15 is 0 Å². The molecule has 84 valence electrons. The molecule has 2 aromatic rings. The predicted molar refractivity (Wildman–Crippen MR) is 65.3 cm³/mol. The highest BCUT2D eigenvalue weighted by molar-refractivity contribution is 7.99. The second-order valence-corrected chi connectivity index (χ2v) is 5.30. The summed E-state index contributed by atoms with van der Waals surface area (Å²) in [6.45, 7) is 0.514. The molecule has 1 aliphatic heterocycles. The van der Waals surface area contributed by atoms with Crippen molar-refractivity contribution in [2.75, 3.05) is 5.75 Å². The molecule has 1 unspecified atom stereocenters. The lowest BCUT2D eigenvalue weighted by Crippen LogP contribution is -2.02. The maximum atomic E-state index is 5.69. The molecule has 0 aliphatic carbocycles. The van der Waals surface area contributed by atoms with Gasteiger partial charge >= 0.3 is 0 Å². The first-order valence-corrected chi connectivity index (χ1v) is 6.59. The fraction of sp³-hybridized carbons (Fsp3) is 0.455. The van der Waals surface area contributed by atoms with Gasteiger partial charge in [-0.15, -0.1) is 10.2 Å². The Labute approximate surface area is 98.2 Å². The fourth-order valence-electron chi connectivity index (χ4n) is 2.15. The van der Waals surface area contributed by atoms with Gasteiger partial charge in [0.15, 0.2) is 11.5 Å². The number of fused-ring (bicyclic) bond motifs is 1. The Morgan fingerprint density at radius 2 is 2.44 bits per heavy atom. The van der Waals surface area contributed by atoms with Crippen LogP contribution in [0, 0.1) is 0 Å². The number of nitrogens with two attached hydrogens (primary N) is 1. The molecule has 0 spiro atoms. The minimum atomic E-state index is 0.503. The van der Waals surface area contributed by atoms with Gasteiger partial charge in [-0.05, 0) is 24.7 Å². The number of rotatable bonds is 2. The summed E-state index contributed by atoms with van der Waals surface area (Å²) >= 11 is 1.97. The summed E-state index contributed by atoms with van der Waals surface area (Å²) in [4.78, 5) is 0. The smallest absolute Gasteiger partial charge is 0.165 e. The maximum Gasteiger partial charge on any atom is 0.165 e. The summed E-state index contributed by atoms with van der Waals surface area (Å²) in [6.07, 6.45) is 4.52. The lowest BCUT2D eigenvalue weighted by Gasteiger charge is -2.06. The van der Waals surface area contributed by atoms with Crippen molar-refractivity contribution in [3.63, 3.8) is 0 Å². The normalized spacial score (nSPS) is 20.7. The molecular formula is C11H14N4S. The molecule has 1 saturated heterocycles. The molecule has 0 aromatic carbocycles. The number of nitrogens with zero attached hydrogens (tertiary/aromatic N) is 3. The van der Waals surface area contributed by atoms with E-state index in [4.69, 9.17) is 5.73 Å². The quantitative estimate of drug-likeness (QED) is 0.860. The summed E-state index contributed by atoms with van der Waals surface area (Å²) < 4.78 is 2.09. The first-order chi connectivity index (χ1) is 7.90. The molecule has 1 fully saturated rings. The number of hydrogen-bond donors (Lipinski definition) is 1. The first-order valence-electron chi connectivity index (χ1n) is 5.54. The largest absolute Gasteiger partial charge is 0.326 e. The lowest BCUT2D eigenvalue weighted by molar-refractivity contribution is 0.766. The van der Waals surface area contributed by atoms with Crippen molar-refractivity contribution in [2.24, 2.45) is 5.73 Å². The van der Waals surface area contributed by atoms with Gasteiger partial charge in [0, 0.05) is 18.3 Å². The van der Waals surface area contributed by atoms with E-state index < -0.39 is 0 Å². The van der Waals surface area contributed by atoms with Gasteiger partial charge in [-0.2, -0.15) is 11.8 Å². The minimum absolute atomic E-state index is 0.503. The molecule has 2 N–H and O–H groups in total. The van der Waals surface area contributed by atoms with Crippen LogP contribution in [0.1, 0.15) is 29.5 Å². The zero-order valence-electron chi connectivity index (χ0n) is 8.97. The zero-order valence-corrected chi connectivity index (χ0v) is 9.78. The third-order valence-electron chi connectivity index (χ3n) is 2.98. The monoisotopic (exact) mass is 234 g/mol. The lowest BCUT2D eigenvalue weighted by atomic mass is 10.2. The van der Waals surface area contributed by atoms with E-state index in [9.17, 15) is 0 Å².